The van der Waals surface area contributed by atoms with Gasteiger partial charge in [0, 0.05) is 22.6 Å². The van der Waals surface area contributed by atoms with Crippen molar-refractivity contribution in [2.75, 3.05) is 14.2 Å². The van der Waals surface area contributed by atoms with Crippen molar-refractivity contribution in [3.8, 4) is 11.5 Å². The molecule has 0 aromatic heterocycles. The second kappa shape index (κ2) is 8.62. The predicted molar refractivity (Wildman–Crippen MR) is 102 cm³/mol. The number of carbonyl (C=O) groups is 1. The van der Waals surface area contributed by atoms with E-state index in [-0.39, 0.29) is 5.92 Å². The first kappa shape index (κ1) is 20.4. The maximum absolute atomic E-state index is 10.8. The first-order valence-electron chi connectivity index (χ1n) is 8.63. The molecule has 0 N–H and O–H groups in total. The molecule has 1 unspecified atom stereocenters. The fourth-order valence-electron chi connectivity index (χ4n) is 3.19. The predicted octanol–water partition coefficient (Wildman–Crippen LogP) is 3.70. The first-order chi connectivity index (χ1) is 12.8. The largest absolute Gasteiger partial charge is 0.543 e. The van der Waals surface area contributed by atoms with E-state index in [0.29, 0.717) is 17.9 Å². The van der Waals surface area contributed by atoms with Gasteiger partial charge >= 0.3 is 0 Å². The molecule has 0 aliphatic heterocycles. The summed E-state index contributed by atoms with van der Waals surface area (Å²) >= 11 is 0. The molecule has 2 aromatic rings. The lowest BCUT2D eigenvalue weighted by Crippen LogP contribution is -2.37. The normalized spacial score (nSPS) is 12.1. The van der Waals surface area contributed by atoms with Gasteiger partial charge in [0.1, 0.15) is 11.5 Å². The number of rotatable bonds is 8. The summed E-state index contributed by atoms with van der Waals surface area (Å²) in [5, 5.41) is 10.8. The second-order valence-electron chi connectivity index (χ2n) is 6.82. The van der Waals surface area contributed by atoms with Gasteiger partial charge in [0.15, 0.2) is 0 Å². The van der Waals surface area contributed by atoms with Gasteiger partial charge < -0.3 is 24.1 Å². The summed E-state index contributed by atoms with van der Waals surface area (Å²) < 4.78 is 16.0. The first-order valence-corrected chi connectivity index (χ1v) is 8.63. The molecule has 5 nitrogen and oxygen atoms in total. The second-order valence-corrected chi connectivity index (χ2v) is 6.82. The molecule has 5 heteroatoms. The average molecular weight is 369 g/mol. The number of hydrogen-bond donors (Lipinski definition) is 0. The molecule has 27 heavy (non-hydrogen) atoms. The summed E-state index contributed by atoms with van der Waals surface area (Å²) in [4.78, 5) is 10.8. The van der Waals surface area contributed by atoms with E-state index in [0.717, 1.165) is 16.7 Å². The highest BCUT2D eigenvalue weighted by Crippen LogP contribution is 2.38. The zero-order valence-corrected chi connectivity index (χ0v) is 16.2. The topological polar surface area (TPSA) is 67.8 Å². The highest BCUT2D eigenvalue weighted by molar-refractivity contribution is 5.56. The molecular weight excluding hydrogens is 344 g/mol. The van der Waals surface area contributed by atoms with E-state index in [2.05, 4.69) is 6.58 Å². The zero-order chi connectivity index (χ0) is 20.0. The third-order valence-corrected chi connectivity index (χ3v) is 4.34. The highest BCUT2D eigenvalue weighted by Gasteiger charge is 2.23. The van der Waals surface area contributed by atoms with Crippen molar-refractivity contribution < 1.29 is 24.1 Å². The third-order valence-electron chi connectivity index (χ3n) is 4.34. The van der Waals surface area contributed by atoms with Gasteiger partial charge in [0.05, 0.1) is 14.2 Å². The van der Waals surface area contributed by atoms with E-state index in [1.807, 2.05) is 48.5 Å². The number of methoxy groups -OCH3 is 2. The quantitative estimate of drug-likeness (QED) is 0.524. The van der Waals surface area contributed by atoms with Crippen LogP contribution >= 0.6 is 0 Å². The molecule has 1 atom stereocenters. The van der Waals surface area contributed by atoms with Gasteiger partial charge in [-0.25, -0.2) is 0 Å². The van der Waals surface area contributed by atoms with Crippen LogP contribution in [0.1, 0.15) is 36.5 Å². The van der Waals surface area contributed by atoms with E-state index < -0.39 is 11.8 Å². The van der Waals surface area contributed by atoms with Gasteiger partial charge in [0.2, 0.25) is 0 Å². The molecule has 0 amide bonds. The average Bonchev–Trinajstić information content (AvgIpc) is 2.62. The van der Waals surface area contributed by atoms with Gasteiger partial charge in [-0.1, -0.05) is 36.4 Å². The zero-order valence-electron chi connectivity index (χ0n) is 16.2. The van der Waals surface area contributed by atoms with Crippen molar-refractivity contribution in [2.45, 2.75) is 31.8 Å². The summed E-state index contributed by atoms with van der Waals surface area (Å²) in [6.45, 7) is 7.33. The fourth-order valence-corrected chi connectivity index (χ4v) is 3.19. The lowest BCUT2D eigenvalue weighted by Gasteiger charge is -2.31. The van der Waals surface area contributed by atoms with Crippen LogP contribution in [0.15, 0.2) is 55.1 Å². The Morgan fingerprint density at radius 2 is 1.78 bits per heavy atom. The van der Waals surface area contributed by atoms with Crippen molar-refractivity contribution in [2.24, 2.45) is 0 Å². The standard InChI is InChI=1S/C22H26O5/c1-6-17(15-10-8-7-9-11-15)18-13-19(25-4)16(12-20(18)26-5)14-22(2,3)27-21(23)24/h6-13,17H,1,14H2,2-5H3,(H,23,24)/p-1. The van der Waals surface area contributed by atoms with Crippen LogP contribution in [-0.2, 0) is 11.2 Å². The summed E-state index contributed by atoms with van der Waals surface area (Å²) in [7, 11) is 3.18. The molecule has 0 heterocycles. The fraction of sp³-hybridized carbons (Fsp3) is 0.318. The Hall–Kier alpha value is -2.95. The Bertz CT molecular complexity index is 796. The van der Waals surface area contributed by atoms with Gasteiger partial charge in [-0.15, -0.1) is 6.58 Å². The monoisotopic (exact) mass is 369 g/mol. The molecule has 0 fully saturated rings. The van der Waals surface area contributed by atoms with Crippen LogP contribution in [0.3, 0.4) is 0 Å². The molecule has 0 radical (unpaired) electrons. The summed E-state index contributed by atoms with van der Waals surface area (Å²) in [6, 6.07) is 13.7. The smallest absolute Gasteiger partial charge is 0.252 e. The van der Waals surface area contributed by atoms with Crippen LogP contribution in [0.4, 0.5) is 4.79 Å². The highest BCUT2D eigenvalue weighted by atomic mass is 16.7. The van der Waals surface area contributed by atoms with E-state index >= 15 is 0 Å². The van der Waals surface area contributed by atoms with E-state index in [1.165, 1.54) is 0 Å². The Kier molecular flexibility index (Phi) is 6.50. The molecule has 0 saturated heterocycles. The molecule has 0 aliphatic rings. The third kappa shape index (κ3) is 5.03. The Morgan fingerprint density at radius 3 is 2.30 bits per heavy atom. The van der Waals surface area contributed by atoms with Gasteiger partial charge in [-0.3, -0.25) is 0 Å². The van der Waals surface area contributed by atoms with Crippen molar-refractivity contribution in [3.05, 3.63) is 71.8 Å². The Balaban J connectivity index is 2.49. The van der Waals surface area contributed by atoms with Crippen molar-refractivity contribution in [3.63, 3.8) is 0 Å². The lowest BCUT2D eigenvalue weighted by atomic mass is 9.88. The lowest BCUT2D eigenvalue weighted by molar-refractivity contribution is -0.293. The van der Waals surface area contributed by atoms with Crippen LogP contribution in [0.25, 0.3) is 0 Å². The number of ether oxygens (including phenoxy) is 3. The number of allylic oxidation sites excluding steroid dienone is 1. The van der Waals surface area contributed by atoms with E-state index in [1.54, 1.807) is 28.1 Å². The number of hydrogen-bond acceptors (Lipinski definition) is 5. The van der Waals surface area contributed by atoms with Crippen LogP contribution in [0.2, 0.25) is 0 Å². The minimum absolute atomic E-state index is 0.0726. The SMILES string of the molecule is C=CC(c1ccccc1)c1cc(OC)c(CC(C)(C)OC(=O)[O-])cc1OC. The number of benzene rings is 2. The van der Waals surface area contributed by atoms with Crippen LogP contribution in [-0.4, -0.2) is 26.0 Å². The summed E-state index contributed by atoms with van der Waals surface area (Å²) in [6.07, 6.45) is 0.610. The molecule has 0 bridgehead atoms. The maximum atomic E-state index is 10.8. The van der Waals surface area contributed by atoms with Crippen molar-refractivity contribution >= 4 is 6.16 Å². The Labute approximate surface area is 160 Å². The van der Waals surface area contributed by atoms with E-state index in [9.17, 15) is 9.90 Å². The Morgan fingerprint density at radius 1 is 1.15 bits per heavy atom. The number of carbonyl (C=O) groups excluding carboxylic acids is 1. The summed E-state index contributed by atoms with van der Waals surface area (Å²) in [5.41, 5.74) is 1.81. The van der Waals surface area contributed by atoms with Gasteiger partial charge in [0.25, 0.3) is 6.16 Å². The van der Waals surface area contributed by atoms with Crippen molar-refractivity contribution in [1.29, 1.82) is 0 Å². The molecular formula is C22H25O5-. The van der Waals surface area contributed by atoms with Gasteiger partial charge in [-0.05, 0) is 38.0 Å². The molecule has 0 spiro atoms. The molecule has 2 rings (SSSR count). The minimum Gasteiger partial charge on any atom is -0.543 e. The summed E-state index contributed by atoms with van der Waals surface area (Å²) in [5.74, 6) is 1.23. The maximum Gasteiger partial charge on any atom is 0.252 e. The van der Waals surface area contributed by atoms with Gasteiger partial charge in [-0.2, -0.15) is 0 Å². The molecule has 0 aliphatic carbocycles. The van der Waals surface area contributed by atoms with Crippen LogP contribution in [0.5, 0.6) is 11.5 Å². The van der Waals surface area contributed by atoms with Crippen LogP contribution < -0.4 is 14.6 Å². The molecule has 144 valence electrons. The minimum atomic E-state index is -1.56. The van der Waals surface area contributed by atoms with Crippen molar-refractivity contribution in [1.82, 2.24) is 0 Å². The molecule has 0 saturated carbocycles. The van der Waals surface area contributed by atoms with Crippen LogP contribution in [0, 0.1) is 0 Å². The molecule has 2 aromatic carbocycles. The van der Waals surface area contributed by atoms with E-state index in [4.69, 9.17) is 14.2 Å². The number of carboxylic acid groups (broad SMARTS) is 1.